The first-order valence-electron chi connectivity index (χ1n) is 2.68. The van der Waals surface area contributed by atoms with Gasteiger partial charge < -0.3 is 0 Å². The van der Waals surface area contributed by atoms with Crippen molar-refractivity contribution in [1.29, 1.82) is 0 Å². The minimum atomic E-state index is -4.28. The van der Waals surface area contributed by atoms with Crippen LogP contribution in [0.5, 0.6) is 0 Å². The van der Waals surface area contributed by atoms with Crippen LogP contribution in [0.2, 0.25) is 0 Å². The lowest BCUT2D eigenvalue weighted by molar-refractivity contribution is -0.137. The Kier molecular flexibility index (Phi) is 2.36. The van der Waals surface area contributed by atoms with Gasteiger partial charge in [0.05, 0.1) is 5.56 Å². The van der Waals surface area contributed by atoms with Crippen molar-refractivity contribution in [2.75, 3.05) is 0 Å². The van der Waals surface area contributed by atoms with Crippen molar-refractivity contribution >= 4 is 22.6 Å². The summed E-state index contributed by atoms with van der Waals surface area (Å²) in [5, 5.41) is 0. The third-order valence-electron chi connectivity index (χ3n) is 1.03. The molecule has 1 aromatic rings. The van der Waals surface area contributed by atoms with Crippen LogP contribution in [0.15, 0.2) is 18.5 Å². The van der Waals surface area contributed by atoms with Crippen molar-refractivity contribution in [1.82, 2.24) is 4.98 Å². The van der Waals surface area contributed by atoms with Crippen LogP contribution < -0.4 is 0 Å². The Bertz CT molecular complexity index is 258. The number of hydrogen-bond acceptors (Lipinski definition) is 1. The van der Waals surface area contributed by atoms with Crippen molar-refractivity contribution in [2.45, 2.75) is 6.18 Å². The first-order chi connectivity index (χ1) is 5.00. The van der Waals surface area contributed by atoms with Gasteiger partial charge >= 0.3 is 6.18 Å². The predicted octanol–water partition coefficient (Wildman–Crippen LogP) is 2.71. The van der Waals surface area contributed by atoms with Crippen molar-refractivity contribution in [3.63, 3.8) is 0 Å². The minimum absolute atomic E-state index is 0.484. The molecule has 1 nitrogen and oxygen atoms in total. The first kappa shape index (κ1) is 8.76. The van der Waals surface area contributed by atoms with Crippen LogP contribution in [0.3, 0.4) is 0 Å². The van der Waals surface area contributed by atoms with E-state index in [1.807, 2.05) is 0 Å². The van der Waals surface area contributed by atoms with Gasteiger partial charge in [0.15, 0.2) is 0 Å². The molecule has 11 heavy (non-hydrogen) atoms. The van der Waals surface area contributed by atoms with E-state index in [1.165, 1.54) is 6.20 Å². The van der Waals surface area contributed by atoms with E-state index >= 15 is 0 Å². The molecule has 60 valence electrons. The summed E-state index contributed by atoms with van der Waals surface area (Å²) in [5.74, 6) is 0. The molecule has 1 aromatic heterocycles. The lowest BCUT2D eigenvalue weighted by atomic mass is 10.3. The smallest absolute Gasteiger partial charge is 0.263 e. The van der Waals surface area contributed by atoms with Crippen LogP contribution in [0.1, 0.15) is 5.56 Å². The van der Waals surface area contributed by atoms with E-state index in [0.717, 1.165) is 12.3 Å². The predicted molar refractivity (Wildman–Crippen MR) is 42.0 cm³/mol. The summed E-state index contributed by atoms with van der Waals surface area (Å²) >= 11 is 1.78. The van der Waals surface area contributed by atoms with Gasteiger partial charge in [0, 0.05) is 16.0 Å². The van der Waals surface area contributed by atoms with Gasteiger partial charge in [0.2, 0.25) is 0 Å². The highest BCUT2D eigenvalue weighted by molar-refractivity contribution is 14.1. The first-order valence-corrected chi connectivity index (χ1v) is 3.76. The quantitative estimate of drug-likeness (QED) is 0.662. The molecule has 0 aliphatic heterocycles. The maximum Gasteiger partial charge on any atom is 0.417 e. The molecule has 0 bridgehead atoms. The summed E-state index contributed by atoms with van der Waals surface area (Å²) in [6.07, 6.45) is -2.11. The molecule has 0 unspecified atom stereocenters. The number of rotatable bonds is 0. The molecule has 0 atom stereocenters. The molecule has 0 radical (unpaired) electrons. The summed E-state index contributed by atoms with van der Waals surface area (Å²) in [6.45, 7) is 0. The zero-order valence-corrected chi connectivity index (χ0v) is 7.35. The van der Waals surface area contributed by atoms with Gasteiger partial charge in [-0.1, -0.05) is 0 Å². The van der Waals surface area contributed by atoms with E-state index in [-0.39, 0.29) is 0 Å². The summed E-state index contributed by atoms with van der Waals surface area (Å²) < 4.78 is 36.3. The zero-order chi connectivity index (χ0) is 8.48. The molecule has 0 amide bonds. The average molecular weight is 273 g/mol. The molecule has 0 spiro atoms. The maximum atomic E-state index is 11.9. The van der Waals surface area contributed by atoms with E-state index < -0.39 is 11.7 Å². The summed E-state index contributed by atoms with van der Waals surface area (Å²) in [5.41, 5.74) is -0.704. The fourth-order valence-corrected chi connectivity index (χ4v) is 1.06. The van der Waals surface area contributed by atoms with E-state index in [0.29, 0.717) is 3.57 Å². The molecular formula is C6H3F3IN. The molecule has 0 aliphatic rings. The van der Waals surface area contributed by atoms with Crippen LogP contribution >= 0.6 is 22.6 Å². The van der Waals surface area contributed by atoms with Crippen molar-refractivity contribution in [3.8, 4) is 0 Å². The Morgan fingerprint density at radius 2 is 1.91 bits per heavy atom. The van der Waals surface area contributed by atoms with Crippen LogP contribution in [-0.4, -0.2) is 4.98 Å². The summed E-state index contributed by atoms with van der Waals surface area (Å²) in [6, 6.07) is 1.05. The Morgan fingerprint density at radius 3 is 2.27 bits per heavy atom. The summed E-state index contributed by atoms with van der Waals surface area (Å²) in [7, 11) is 0. The molecule has 0 aliphatic carbocycles. The standard InChI is InChI=1S/C6H3F3IN/c7-6(8,9)4-1-5(10)3-11-2-4/h1-3H. The van der Waals surface area contributed by atoms with Gasteiger partial charge in [-0.05, 0) is 28.7 Å². The van der Waals surface area contributed by atoms with Gasteiger partial charge in [-0.25, -0.2) is 0 Å². The average Bonchev–Trinajstić information content (AvgIpc) is 1.86. The number of pyridine rings is 1. The van der Waals surface area contributed by atoms with Crippen LogP contribution in [0.4, 0.5) is 13.2 Å². The number of aromatic nitrogens is 1. The monoisotopic (exact) mass is 273 g/mol. The number of halogens is 4. The second-order valence-electron chi connectivity index (χ2n) is 1.89. The topological polar surface area (TPSA) is 12.9 Å². The summed E-state index contributed by atoms with van der Waals surface area (Å²) in [4.78, 5) is 3.42. The SMILES string of the molecule is FC(F)(F)c1cncc(I)c1. The van der Waals surface area contributed by atoms with Crippen molar-refractivity contribution in [2.24, 2.45) is 0 Å². The van der Waals surface area contributed by atoms with Crippen molar-refractivity contribution in [3.05, 3.63) is 27.6 Å². The van der Waals surface area contributed by atoms with E-state index in [1.54, 1.807) is 22.6 Å². The van der Waals surface area contributed by atoms with Crippen LogP contribution in [0, 0.1) is 3.57 Å². The van der Waals surface area contributed by atoms with Gasteiger partial charge in [-0.15, -0.1) is 0 Å². The molecule has 1 heterocycles. The molecular weight excluding hydrogens is 270 g/mol. The second-order valence-corrected chi connectivity index (χ2v) is 3.14. The van der Waals surface area contributed by atoms with Gasteiger partial charge in [0.25, 0.3) is 0 Å². The third kappa shape index (κ3) is 2.32. The lowest BCUT2D eigenvalue weighted by Gasteiger charge is -2.04. The molecule has 5 heteroatoms. The Hall–Kier alpha value is -0.330. The molecule has 0 saturated heterocycles. The second kappa shape index (κ2) is 2.96. The highest BCUT2D eigenvalue weighted by Crippen LogP contribution is 2.28. The third-order valence-corrected chi connectivity index (χ3v) is 1.62. The normalized spacial score (nSPS) is 11.6. The number of hydrogen-bond donors (Lipinski definition) is 0. The molecule has 0 fully saturated rings. The maximum absolute atomic E-state index is 11.9. The van der Waals surface area contributed by atoms with Gasteiger partial charge in [0.1, 0.15) is 0 Å². The lowest BCUT2D eigenvalue weighted by Crippen LogP contribution is -2.05. The fourth-order valence-electron chi connectivity index (χ4n) is 0.567. The van der Waals surface area contributed by atoms with Gasteiger partial charge in [-0.2, -0.15) is 13.2 Å². The van der Waals surface area contributed by atoms with E-state index in [9.17, 15) is 13.2 Å². The Labute approximate surface area is 74.8 Å². The fraction of sp³-hybridized carbons (Fsp3) is 0.167. The van der Waals surface area contributed by atoms with Crippen LogP contribution in [0.25, 0.3) is 0 Å². The largest absolute Gasteiger partial charge is 0.417 e. The number of alkyl halides is 3. The van der Waals surface area contributed by atoms with Gasteiger partial charge in [-0.3, -0.25) is 4.98 Å². The molecule has 0 aromatic carbocycles. The Balaban J connectivity index is 3.06. The minimum Gasteiger partial charge on any atom is -0.263 e. The molecule has 0 N–H and O–H groups in total. The Morgan fingerprint density at radius 1 is 1.27 bits per heavy atom. The zero-order valence-electron chi connectivity index (χ0n) is 5.19. The van der Waals surface area contributed by atoms with E-state index in [4.69, 9.17) is 0 Å². The van der Waals surface area contributed by atoms with Crippen molar-refractivity contribution < 1.29 is 13.2 Å². The number of nitrogens with zero attached hydrogens (tertiary/aromatic N) is 1. The molecule has 0 saturated carbocycles. The van der Waals surface area contributed by atoms with E-state index in [2.05, 4.69) is 4.98 Å². The molecule has 1 rings (SSSR count). The highest BCUT2D eigenvalue weighted by Gasteiger charge is 2.30. The van der Waals surface area contributed by atoms with Crippen LogP contribution in [-0.2, 0) is 6.18 Å². The highest BCUT2D eigenvalue weighted by atomic mass is 127.